The van der Waals surface area contributed by atoms with Crippen molar-refractivity contribution in [2.24, 2.45) is 5.92 Å². The Kier molecular flexibility index (Phi) is 10.0. The van der Waals surface area contributed by atoms with Crippen LogP contribution in [-0.2, 0) is 19.9 Å². The quantitative estimate of drug-likeness (QED) is 0.218. The van der Waals surface area contributed by atoms with Gasteiger partial charge >= 0.3 is 5.69 Å². The summed E-state index contributed by atoms with van der Waals surface area (Å²) in [6.07, 6.45) is 1.64. The highest BCUT2D eigenvalue weighted by Gasteiger charge is 2.40. The predicted molar refractivity (Wildman–Crippen MR) is 169 cm³/mol. The summed E-state index contributed by atoms with van der Waals surface area (Å²) in [5, 5.41) is 0.0202. The number of nitrogens with one attached hydrogen (secondary N) is 1. The first-order chi connectivity index (χ1) is 21.3. The first-order valence-corrected chi connectivity index (χ1v) is 15.4. The maximum atomic E-state index is 12.5. The van der Waals surface area contributed by atoms with Crippen LogP contribution < -0.4 is 20.7 Å². The molecule has 0 bridgehead atoms. The highest BCUT2D eigenvalue weighted by molar-refractivity contribution is 8.13. The first kappa shape index (κ1) is 31.3. The van der Waals surface area contributed by atoms with Crippen molar-refractivity contribution < 1.29 is 23.7 Å². The minimum atomic E-state index is -0.975. The van der Waals surface area contributed by atoms with Gasteiger partial charge in [-0.25, -0.2) is 4.79 Å². The summed E-state index contributed by atoms with van der Waals surface area (Å²) in [4.78, 5) is 38.3. The molecule has 0 spiro atoms. The molecule has 10 heteroatoms. The number of ether oxygens (including phenoxy) is 4. The molecular formula is C34H36N2O7S. The van der Waals surface area contributed by atoms with Gasteiger partial charge in [-0.2, -0.15) is 0 Å². The van der Waals surface area contributed by atoms with E-state index in [0.29, 0.717) is 25.2 Å². The third-order valence-electron chi connectivity index (χ3n) is 7.92. The Morgan fingerprint density at radius 2 is 1.50 bits per heavy atom. The van der Waals surface area contributed by atoms with E-state index in [4.69, 9.17) is 18.9 Å². The van der Waals surface area contributed by atoms with E-state index in [2.05, 4.69) is 4.98 Å². The van der Waals surface area contributed by atoms with E-state index < -0.39 is 23.1 Å². The van der Waals surface area contributed by atoms with Crippen LogP contribution in [0.2, 0.25) is 0 Å². The van der Waals surface area contributed by atoms with Gasteiger partial charge in [0.1, 0.15) is 23.3 Å². The summed E-state index contributed by atoms with van der Waals surface area (Å²) >= 11 is 1.24. The fourth-order valence-corrected chi connectivity index (χ4v) is 6.52. The fourth-order valence-electron chi connectivity index (χ4n) is 5.72. The third kappa shape index (κ3) is 6.83. The van der Waals surface area contributed by atoms with Crippen LogP contribution in [0.15, 0.2) is 101 Å². The molecule has 0 amide bonds. The van der Waals surface area contributed by atoms with Gasteiger partial charge in [-0.3, -0.25) is 19.1 Å². The molecule has 1 aliphatic heterocycles. The molecule has 0 radical (unpaired) electrons. The molecular weight excluding hydrogens is 580 g/mol. The lowest BCUT2D eigenvalue weighted by atomic mass is 9.80. The lowest BCUT2D eigenvalue weighted by Crippen LogP contribution is -2.34. The van der Waals surface area contributed by atoms with Gasteiger partial charge in [0.15, 0.2) is 5.12 Å². The van der Waals surface area contributed by atoms with E-state index >= 15 is 0 Å². The zero-order valence-corrected chi connectivity index (χ0v) is 25.8. The van der Waals surface area contributed by atoms with Crippen molar-refractivity contribution in [1.29, 1.82) is 0 Å². The number of rotatable bonds is 12. The Morgan fingerprint density at radius 3 is 2.05 bits per heavy atom. The van der Waals surface area contributed by atoms with E-state index in [1.165, 1.54) is 28.6 Å². The third-order valence-corrected chi connectivity index (χ3v) is 8.92. The van der Waals surface area contributed by atoms with Gasteiger partial charge in [0.25, 0.3) is 5.56 Å². The maximum Gasteiger partial charge on any atom is 0.330 e. The van der Waals surface area contributed by atoms with Gasteiger partial charge in [0.05, 0.1) is 26.9 Å². The van der Waals surface area contributed by atoms with Gasteiger partial charge in [0, 0.05) is 24.9 Å². The van der Waals surface area contributed by atoms with Gasteiger partial charge in [0.2, 0.25) is 0 Å². The topological polar surface area (TPSA) is 109 Å². The Bertz CT molecular complexity index is 1600. The zero-order chi connectivity index (χ0) is 31.1. The van der Waals surface area contributed by atoms with Gasteiger partial charge in [-0.1, -0.05) is 66.4 Å². The average molecular weight is 617 g/mol. The maximum absolute atomic E-state index is 12.5. The van der Waals surface area contributed by atoms with E-state index in [0.717, 1.165) is 28.2 Å². The normalized spacial score (nSPS) is 18.2. The smallest absolute Gasteiger partial charge is 0.330 e. The second kappa shape index (κ2) is 14.1. The molecule has 3 atom stereocenters. The summed E-state index contributed by atoms with van der Waals surface area (Å²) in [7, 11) is 3.27. The van der Waals surface area contributed by atoms with Crippen LogP contribution in [-0.4, -0.2) is 47.3 Å². The number of carbonyl (C=O) groups is 1. The van der Waals surface area contributed by atoms with Crippen molar-refractivity contribution in [3.05, 3.63) is 129 Å². The predicted octanol–water partition coefficient (Wildman–Crippen LogP) is 5.14. The number of hydrogen-bond acceptors (Lipinski definition) is 8. The standard InChI is InChI=1S/C34H36N2O7S/c1-23(37)44-22-24-21-32(36-19-17-31(38)35-33(36)39)43-30(24)18-20-42-34(25-7-5-4-6-8-25,26-9-13-28(40-2)14-10-26)27-11-15-29(41-3)16-12-27/h4-17,19,24,30,32H,18,20-22H2,1-3H3,(H,35,38,39)/t24-,30-,32-/m1/s1. The number of methoxy groups -OCH3 is 2. The van der Waals surface area contributed by atoms with Crippen LogP contribution in [0.1, 0.15) is 42.7 Å². The van der Waals surface area contributed by atoms with Crippen LogP contribution in [0.4, 0.5) is 0 Å². The van der Waals surface area contributed by atoms with Crippen molar-refractivity contribution >= 4 is 16.9 Å². The molecule has 230 valence electrons. The number of thioether (sulfide) groups is 1. The molecule has 1 N–H and O–H groups in total. The molecule has 1 saturated heterocycles. The number of carbonyl (C=O) groups excluding carboxylic acids is 1. The lowest BCUT2D eigenvalue weighted by Gasteiger charge is -2.36. The van der Waals surface area contributed by atoms with E-state index in [9.17, 15) is 14.4 Å². The Balaban J connectivity index is 1.48. The van der Waals surface area contributed by atoms with E-state index in [1.54, 1.807) is 21.1 Å². The molecule has 1 aliphatic rings. The molecule has 4 aromatic rings. The Hall–Kier alpha value is -4.12. The number of H-pyrrole nitrogens is 1. The van der Waals surface area contributed by atoms with Crippen LogP contribution >= 0.6 is 11.8 Å². The second-order valence-corrected chi connectivity index (χ2v) is 11.8. The molecule has 5 rings (SSSR count). The van der Waals surface area contributed by atoms with E-state index in [-0.39, 0.29) is 17.1 Å². The van der Waals surface area contributed by atoms with Gasteiger partial charge in [-0.05, 0) is 59.7 Å². The highest BCUT2D eigenvalue weighted by atomic mass is 32.2. The van der Waals surface area contributed by atoms with Crippen molar-refractivity contribution in [3.63, 3.8) is 0 Å². The van der Waals surface area contributed by atoms with Crippen molar-refractivity contribution in [2.45, 2.75) is 37.7 Å². The summed E-state index contributed by atoms with van der Waals surface area (Å²) in [6, 6.07) is 27.0. The molecule has 44 heavy (non-hydrogen) atoms. The molecule has 0 saturated carbocycles. The number of hydrogen-bond donors (Lipinski definition) is 1. The Morgan fingerprint density at radius 1 is 0.909 bits per heavy atom. The molecule has 1 fully saturated rings. The minimum Gasteiger partial charge on any atom is -0.497 e. The average Bonchev–Trinajstić information content (AvgIpc) is 3.45. The van der Waals surface area contributed by atoms with Crippen molar-refractivity contribution in [2.75, 3.05) is 26.6 Å². The minimum absolute atomic E-state index is 0.00979. The molecule has 1 aromatic heterocycles. The van der Waals surface area contributed by atoms with E-state index in [1.807, 2.05) is 78.9 Å². The number of aromatic nitrogens is 2. The molecule has 0 unspecified atom stereocenters. The summed E-state index contributed by atoms with van der Waals surface area (Å²) < 4.78 is 25.7. The zero-order valence-electron chi connectivity index (χ0n) is 24.9. The monoisotopic (exact) mass is 616 g/mol. The van der Waals surface area contributed by atoms with Crippen LogP contribution in [0, 0.1) is 5.92 Å². The number of nitrogens with zero attached hydrogens (tertiary/aromatic N) is 1. The largest absolute Gasteiger partial charge is 0.497 e. The summed E-state index contributed by atoms with van der Waals surface area (Å²) in [5.74, 6) is 2.01. The number of aromatic amines is 1. The van der Waals surface area contributed by atoms with Gasteiger partial charge < -0.3 is 18.9 Å². The number of benzene rings is 3. The molecule has 2 heterocycles. The molecule has 9 nitrogen and oxygen atoms in total. The fraction of sp³-hybridized carbons (Fsp3) is 0.324. The van der Waals surface area contributed by atoms with Crippen LogP contribution in [0.5, 0.6) is 11.5 Å². The van der Waals surface area contributed by atoms with Gasteiger partial charge in [-0.15, -0.1) is 0 Å². The van der Waals surface area contributed by atoms with Crippen LogP contribution in [0.25, 0.3) is 0 Å². The first-order valence-electron chi connectivity index (χ1n) is 14.4. The Labute approximate surface area is 260 Å². The molecule has 0 aliphatic carbocycles. The SMILES string of the molecule is COc1ccc(C(OCC[C@H]2O[C@@H](n3ccc(=O)[nH]c3=O)C[C@@H]2CSC(C)=O)(c2ccccc2)c2ccc(OC)cc2)cc1. The highest BCUT2D eigenvalue weighted by Crippen LogP contribution is 2.43. The second-order valence-electron chi connectivity index (χ2n) is 10.6. The summed E-state index contributed by atoms with van der Waals surface area (Å²) in [6.45, 7) is 1.85. The van der Waals surface area contributed by atoms with Crippen molar-refractivity contribution in [3.8, 4) is 11.5 Å². The lowest BCUT2D eigenvalue weighted by molar-refractivity contribution is -0.109. The molecule has 3 aromatic carbocycles. The van der Waals surface area contributed by atoms with Crippen molar-refractivity contribution in [1.82, 2.24) is 9.55 Å². The summed E-state index contributed by atoms with van der Waals surface area (Å²) in [5.41, 5.74) is 0.819. The van der Waals surface area contributed by atoms with Crippen LogP contribution in [0.3, 0.4) is 0 Å².